The third kappa shape index (κ3) is 5.60. The summed E-state index contributed by atoms with van der Waals surface area (Å²) in [6.07, 6.45) is 6.98. The Kier molecular flexibility index (Phi) is 6.38. The molecule has 0 saturated carbocycles. The molecule has 0 bridgehead atoms. The van der Waals surface area contributed by atoms with Crippen LogP contribution >= 0.6 is 11.6 Å². The second kappa shape index (κ2) is 9.22. The van der Waals surface area contributed by atoms with Gasteiger partial charge < -0.3 is 15.2 Å². The molecule has 0 aliphatic carbocycles. The van der Waals surface area contributed by atoms with Gasteiger partial charge in [0.2, 0.25) is 10.0 Å². The Morgan fingerprint density at radius 1 is 1.19 bits per heavy atom. The predicted octanol–water partition coefficient (Wildman–Crippen LogP) is 3.63. The number of carbonyl (C=O) groups is 1. The lowest BCUT2D eigenvalue weighted by Gasteiger charge is -2.16. The number of rotatable bonds is 7. The maximum Gasteiger partial charge on any atom is 0.253 e. The summed E-state index contributed by atoms with van der Waals surface area (Å²) >= 11 is 6.07. The van der Waals surface area contributed by atoms with Crippen molar-refractivity contribution >= 4 is 38.9 Å². The number of nitrogens with zero attached hydrogens (tertiary/aromatic N) is 2. The molecule has 3 N–H and O–H groups in total. The van der Waals surface area contributed by atoms with Crippen LogP contribution in [0.2, 0.25) is 5.02 Å². The number of carbonyl (C=O) groups excluding carboxylic acids is 1. The van der Waals surface area contributed by atoms with Crippen LogP contribution in [0.4, 0.5) is 11.4 Å². The van der Waals surface area contributed by atoms with Gasteiger partial charge in [0.25, 0.3) is 5.91 Å². The van der Waals surface area contributed by atoms with Crippen LogP contribution in [0.25, 0.3) is 11.4 Å². The van der Waals surface area contributed by atoms with Crippen LogP contribution in [-0.4, -0.2) is 43.6 Å². The molecule has 0 unspecified atom stereocenters. The van der Waals surface area contributed by atoms with Crippen LogP contribution < -0.4 is 14.9 Å². The number of halogens is 1. The summed E-state index contributed by atoms with van der Waals surface area (Å²) in [4.78, 5) is 22.5. The number of aromatic amines is 1. The zero-order valence-electron chi connectivity index (χ0n) is 17.6. The summed E-state index contributed by atoms with van der Waals surface area (Å²) in [5, 5.41) is 3.19. The van der Waals surface area contributed by atoms with E-state index in [1.807, 2.05) is 12.3 Å². The number of hydrogen-bond donors (Lipinski definition) is 3. The number of aromatic nitrogens is 2. The minimum absolute atomic E-state index is 0.196. The lowest BCUT2D eigenvalue weighted by atomic mass is 10.2. The average Bonchev–Trinajstić information content (AvgIpc) is 3.43. The molecule has 2 aromatic heterocycles. The molecule has 0 atom stereocenters. The third-order valence-electron chi connectivity index (χ3n) is 5.15. The highest BCUT2D eigenvalue weighted by molar-refractivity contribution is 7.92. The Bertz CT molecular complexity index is 1220. The van der Waals surface area contributed by atoms with Crippen LogP contribution in [0.3, 0.4) is 0 Å². The second-order valence-electron chi connectivity index (χ2n) is 7.80. The first-order chi connectivity index (χ1) is 15.3. The molecule has 1 aliphatic rings. The molecular formula is C22H24ClN5O3S. The van der Waals surface area contributed by atoms with Crippen LogP contribution in [-0.2, 0) is 16.6 Å². The number of sulfonamides is 1. The number of benzene rings is 1. The van der Waals surface area contributed by atoms with Gasteiger partial charge in [0.05, 0.1) is 40.8 Å². The summed E-state index contributed by atoms with van der Waals surface area (Å²) in [7, 11) is -3.42. The summed E-state index contributed by atoms with van der Waals surface area (Å²) in [6.45, 7) is 2.32. The van der Waals surface area contributed by atoms with Crippen molar-refractivity contribution in [3.8, 4) is 11.4 Å². The highest BCUT2D eigenvalue weighted by atomic mass is 35.5. The van der Waals surface area contributed by atoms with E-state index in [0.717, 1.165) is 36.4 Å². The molecule has 0 spiro atoms. The summed E-state index contributed by atoms with van der Waals surface area (Å²) < 4.78 is 25.3. The van der Waals surface area contributed by atoms with E-state index in [-0.39, 0.29) is 12.5 Å². The van der Waals surface area contributed by atoms with Crippen molar-refractivity contribution in [1.82, 2.24) is 15.3 Å². The first-order valence-electron chi connectivity index (χ1n) is 10.2. The summed E-state index contributed by atoms with van der Waals surface area (Å²) in [5.41, 5.74) is 4.12. The van der Waals surface area contributed by atoms with Gasteiger partial charge in [0.15, 0.2) is 0 Å². The number of H-pyrrole nitrogens is 1. The van der Waals surface area contributed by atoms with Gasteiger partial charge in [-0.25, -0.2) is 8.42 Å². The van der Waals surface area contributed by atoms with Gasteiger partial charge in [0.1, 0.15) is 0 Å². The summed E-state index contributed by atoms with van der Waals surface area (Å²) in [5.74, 6) is -0.265. The van der Waals surface area contributed by atoms with Crippen LogP contribution in [0.1, 0.15) is 28.8 Å². The average molecular weight is 474 g/mol. The maximum absolute atomic E-state index is 12.6. The monoisotopic (exact) mass is 473 g/mol. The molecule has 1 aliphatic heterocycles. The Morgan fingerprint density at radius 2 is 1.97 bits per heavy atom. The zero-order chi connectivity index (χ0) is 22.7. The van der Waals surface area contributed by atoms with Gasteiger partial charge in [-0.05, 0) is 54.8 Å². The van der Waals surface area contributed by atoms with Crippen LogP contribution in [0.15, 0.2) is 48.8 Å². The molecule has 8 nitrogen and oxygen atoms in total. The standard InChI is InChI=1S/C22H24ClN5O3S/c1-32(30,31)27-18-9-15(8-17(23)11-18)12-26-22(29)16-10-21(24-13-16)20-5-4-19(14-25-20)28-6-2-3-7-28/h4-5,8-11,13-14,24,27H,2-3,6-7,12H2,1H3,(H,26,29). The number of pyridine rings is 1. The van der Waals surface area contributed by atoms with E-state index in [2.05, 4.69) is 31.0 Å². The molecule has 1 fully saturated rings. The fourth-order valence-electron chi connectivity index (χ4n) is 3.69. The smallest absolute Gasteiger partial charge is 0.253 e. The molecule has 1 aromatic carbocycles. The van der Waals surface area contributed by atoms with Crippen molar-refractivity contribution in [2.24, 2.45) is 0 Å². The van der Waals surface area contributed by atoms with Gasteiger partial charge in [-0.1, -0.05) is 11.6 Å². The van der Waals surface area contributed by atoms with Crippen molar-refractivity contribution < 1.29 is 13.2 Å². The molecule has 168 valence electrons. The van der Waals surface area contributed by atoms with Gasteiger partial charge >= 0.3 is 0 Å². The minimum Gasteiger partial charge on any atom is -0.370 e. The van der Waals surface area contributed by atoms with Gasteiger partial charge in [-0.15, -0.1) is 0 Å². The van der Waals surface area contributed by atoms with E-state index in [1.54, 1.807) is 24.4 Å². The lowest BCUT2D eigenvalue weighted by molar-refractivity contribution is 0.0951. The minimum atomic E-state index is -3.42. The number of hydrogen-bond acceptors (Lipinski definition) is 5. The predicted molar refractivity (Wildman–Crippen MR) is 127 cm³/mol. The first kappa shape index (κ1) is 22.2. The van der Waals surface area contributed by atoms with Crippen molar-refractivity contribution in [2.45, 2.75) is 19.4 Å². The van der Waals surface area contributed by atoms with E-state index in [9.17, 15) is 13.2 Å². The molecule has 1 saturated heterocycles. The van der Waals surface area contributed by atoms with Crippen molar-refractivity contribution in [3.05, 3.63) is 64.9 Å². The summed E-state index contributed by atoms with van der Waals surface area (Å²) in [6, 6.07) is 10.6. The quantitative estimate of drug-likeness (QED) is 0.485. The normalized spacial score (nSPS) is 13.9. The fourth-order valence-corrected chi connectivity index (χ4v) is 4.49. The Balaban J connectivity index is 1.40. The van der Waals surface area contributed by atoms with Crippen molar-refractivity contribution in [3.63, 3.8) is 0 Å². The highest BCUT2D eigenvalue weighted by Gasteiger charge is 2.14. The molecule has 3 heterocycles. The molecule has 3 aromatic rings. The molecule has 10 heteroatoms. The Hall–Kier alpha value is -3.04. The maximum atomic E-state index is 12.6. The number of amides is 1. The van der Waals surface area contributed by atoms with Crippen molar-refractivity contribution in [2.75, 3.05) is 29.0 Å². The molecular weight excluding hydrogens is 450 g/mol. The van der Waals surface area contributed by atoms with Gasteiger partial charge in [-0.2, -0.15) is 0 Å². The van der Waals surface area contributed by atoms with Crippen LogP contribution in [0.5, 0.6) is 0 Å². The number of anilines is 2. The molecule has 32 heavy (non-hydrogen) atoms. The van der Waals surface area contributed by atoms with Gasteiger partial charge in [-0.3, -0.25) is 14.5 Å². The van der Waals surface area contributed by atoms with Crippen molar-refractivity contribution in [1.29, 1.82) is 0 Å². The van der Waals surface area contributed by atoms with E-state index >= 15 is 0 Å². The van der Waals surface area contributed by atoms with Gasteiger partial charge in [0, 0.05) is 30.9 Å². The largest absolute Gasteiger partial charge is 0.370 e. The number of nitrogens with one attached hydrogen (secondary N) is 3. The molecule has 1 amide bonds. The Morgan fingerprint density at radius 3 is 2.66 bits per heavy atom. The third-order valence-corrected chi connectivity index (χ3v) is 5.98. The second-order valence-corrected chi connectivity index (χ2v) is 9.99. The Labute approximate surface area is 192 Å². The molecule has 0 radical (unpaired) electrons. The lowest BCUT2D eigenvalue weighted by Crippen LogP contribution is -2.22. The van der Waals surface area contributed by atoms with E-state index < -0.39 is 10.0 Å². The topological polar surface area (TPSA) is 107 Å². The van der Waals surface area contributed by atoms with E-state index in [0.29, 0.717) is 21.8 Å². The fraction of sp³-hybridized carbons (Fsp3) is 0.273. The highest BCUT2D eigenvalue weighted by Crippen LogP contribution is 2.23. The SMILES string of the molecule is CS(=O)(=O)Nc1cc(Cl)cc(CNC(=O)c2c[nH]c(-c3ccc(N4CCCC4)cn3)c2)c1. The first-order valence-corrected chi connectivity index (χ1v) is 12.5. The van der Waals surface area contributed by atoms with E-state index in [4.69, 9.17) is 11.6 Å². The van der Waals surface area contributed by atoms with Crippen LogP contribution in [0, 0.1) is 0 Å². The zero-order valence-corrected chi connectivity index (χ0v) is 19.1. The van der Waals surface area contributed by atoms with E-state index in [1.165, 1.54) is 18.9 Å². The molecule has 4 rings (SSSR count).